The van der Waals surface area contributed by atoms with Gasteiger partial charge in [-0.2, -0.15) is 15.3 Å². The number of carbonyl (C=O) groups excluding carboxylic acids is 5. The number of benzene rings is 6. The van der Waals surface area contributed by atoms with E-state index in [2.05, 4.69) is 72.3 Å². The van der Waals surface area contributed by atoms with Gasteiger partial charge in [0.25, 0.3) is 34.4 Å². The minimum absolute atomic E-state index is 0.0798. The number of hydrogen-bond donors (Lipinski definition) is 8. The fourth-order valence-corrected chi connectivity index (χ4v) is 14.3. The van der Waals surface area contributed by atoms with Crippen LogP contribution < -0.4 is 57.9 Å². The van der Waals surface area contributed by atoms with Gasteiger partial charge in [-0.15, -0.1) is 11.3 Å². The molecule has 0 spiro atoms. The molecule has 30 heteroatoms. The molecule has 6 aromatic carbocycles. The summed E-state index contributed by atoms with van der Waals surface area (Å²) < 4.78 is 22.4. The van der Waals surface area contributed by atoms with Crippen LogP contribution in [-0.4, -0.2) is 140 Å². The third kappa shape index (κ3) is 18.9. The summed E-state index contributed by atoms with van der Waals surface area (Å²) in [5.41, 5.74) is 21.5. The predicted octanol–water partition coefficient (Wildman–Crippen LogP) is 11.3. The number of H-pyrrole nitrogens is 3. The number of nitrogens with two attached hydrogens (primary N) is 1. The smallest absolute Gasteiger partial charge is 0.321 e. The number of rotatable bonds is 25. The van der Waals surface area contributed by atoms with E-state index < -0.39 is 11.9 Å². The van der Waals surface area contributed by atoms with Crippen molar-refractivity contribution in [2.24, 2.45) is 21.1 Å². The normalized spacial score (nSPS) is 11.9. The number of fused-ring (bicyclic) bond motifs is 3. The third-order valence-corrected chi connectivity index (χ3v) is 19.9. The summed E-state index contributed by atoms with van der Waals surface area (Å²) in [5.74, 6) is 2.24. The average molecular weight is 1570 g/mol. The molecule has 0 atom stereocenters. The molecule has 1 aliphatic heterocycles. The first kappa shape index (κ1) is 81.1. The Kier molecular flexibility index (Phi) is 26.0. The number of nitrogens with one attached hydrogen (secondary N) is 7. The number of anilines is 2. The van der Waals surface area contributed by atoms with Gasteiger partial charge in [0, 0.05) is 68.7 Å². The molecule has 0 saturated carbocycles. The number of carbonyl (C=O) groups is 5. The molecule has 0 aliphatic carbocycles. The number of aromatic amines is 3. The van der Waals surface area contributed by atoms with E-state index in [0.29, 0.717) is 165 Å². The van der Waals surface area contributed by atoms with Gasteiger partial charge in [0.15, 0.2) is 16.6 Å². The number of piperazine rings is 1. The molecule has 1 fully saturated rings. The van der Waals surface area contributed by atoms with Crippen molar-refractivity contribution >= 4 is 85.5 Å². The Hall–Kier alpha value is -13.4. The van der Waals surface area contributed by atoms with E-state index in [9.17, 15) is 38.4 Å². The van der Waals surface area contributed by atoms with Crippen molar-refractivity contribution in [1.29, 1.82) is 0 Å². The molecule has 9 N–H and O–H groups in total. The summed E-state index contributed by atoms with van der Waals surface area (Å²) in [6, 6.07) is 38.9. The maximum Gasteiger partial charge on any atom is 0.321 e. The zero-order valence-corrected chi connectivity index (χ0v) is 66.7. The minimum Gasteiger partial charge on any atom is -0.493 e. The molecule has 0 bridgehead atoms. The number of ether oxygens (including phenoxy) is 3. The molecule has 6 amide bonds. The lowest BCUT2D eigenvalue weighted by molar-refractivity contribution is -0.123. The summed E-state index contributed by atoms with van der Waals surface area (Å²) in [7, 11) is 6.71. The van der Waals surface area contributed by atoms with Gasteiger partial charge in [-0.05, 0) is 165 Å². The summed E-state index contributed by atoms with van der Waals surface area (Å²) >= 11 is 1.44. The molecular weight excluding hydrogens is 1480 g/mol. The minimum atomic E-state index is -0.561. The zero-order valence-electron chi connectivity index (χ0n) is 65.8. The Bertz CT molecular complexity index is 5940. The van der Waals surface area contributed by atoms with Crippen LogP contribution in [0.15, 0.2) is 153 Å². The second-order valence-corrected chi connectivity index (χ2v) is 28.3. The zero-order chi connectivity index (χ0) is 81.6. The molecule has 8 heterocycles. The van der Waals surface area contributed by atoms with Crippen LogP contribution in [0.5, 0.6) is 17.2 Å². The van der Waals surface area contributed by atoms with Gasteiger partial charge < -0.3 is 55.7 Å². The summed E-state index contributed by atoms with van der Waals surface area (Å²) in [6.07, 6.45) is 6.70. The van der Waals surface area contributed by atoms with Crippen LogP contribution in [0.2, 0.25) is 0 Å². The second-order valence-electron chi connectivity index (χ2n) is 27.5. The number of nitrogens with zero attached hydrogens (tertiary/aromatic N) is 10. The number of amides is 6. The van der Waals surface area contributed by atoms with Crippen molar-refractivity contribution in [2.75, 3.05) is 57.6 Å². The highest BCUT2D eigenvalue weighted by molar-refractivity contribution is 7.09. The molecule has 13 aromatic rings. The topological polar surface area (TPSA) is 381 Å². The lowest BCUT2D eigenvalue weighted by Gasteiger charge is -2.26. The predicted molar refractivity (Wildman–Crippen MR) is 444 cm³/mol. The number of urea groups is 1. The molecule has 7 aromatic heterocycles. The number of imide groups is 1. The Morgan fingerprint density at radius 1 is 0.487 bits per heavy atom. The van der Waals surface area contributed by atoms with Crippen molar-refractivity contribution in [2.45, 2.75) is 99.3 Å². The Balaban J connectivity index is 0.000000159. The molecule has 1 saturated heterocycles. The first-order valence-corrected chi connectivity index (χ1v) is 39.2. The van der Waals surface area contributed by atoms with Gasteiger partial charge in [0.1, 0.15) is 51.3 Å². The quantitative estimate of drug-likeness (QED) is 0.0263. The fraction of sp³-hybridized carbons (Fsp3) is 0.294. The number of aromatic nitrogens is 12. The van der Waals surface area contributed by atoms with Crippen LogP contribution >= 0.6 is 11.3 Å². The van der Waals surface area contributed by atoms with Gasteiger partial charge in [-0.3, -0.25) is 52.9 Å². The molecule has 29 nitrogen and oxygen atoms in total. The standard InChI is InChI=1S/C29H32N6O4.C29H30N6O3S.C27H30N6O4/c1-4-6-22-25-26(34(3)33-22)28(37)32-27(31-25)21-16-19(9-12-23(21)39-5-2)15-18-7-10-20(11-8-18)29(38)35-14-13-30-24(36)17-35;1-4-6-22-25-26(35(3)34-22)29(37)33-27(32-25)20-14-18(9-12-24(20)38-5-2)13-17-7-10-19(11-8-17)28(36)31-23-16-39-15-21(23)30;1-5-7-20-22-23(33(4)32-20)26(35)30-24(29-22)19-15-17(10-13-21(19)37-6-2)14-16-8-11-18(12-9-16)25(34)31-27(36)28-3/h7-12,16H,4-6,13-15,17H2,1-3H3,(H,30,36)(H,31,32,37);7-12,14-16H,4-6,13,30H2,1-3H3,(H,31,36)(H,32,33,37);8-13,15H,5-7,14H2,1-4H3,(H,29,30,35)(H2,28,31,34,36). The van der Waals surface area contributed by atoms with E-state index in [1.807, 2.05) is 117 Å². The van der Waals surface area contributed by atoms with Crippen molar-refractivity contribution < 1.29 is 38.2 Å². The fourth-order valence-electron chi connectivity index (χ4n) is 13.7. The monoisotopic (exact) mass is 1570 g/mol. The van der Waals surface area contributed by atoms with E-state index in [1.54, 1.807) is 81.9 Å². The SMILES string of the molecule is CCCc1nn(C)c2c(=O)[nH]c(-c3cc(Cc4ccc(C(=O)N5CCNC(=O)C5)cc4)ccc3OCC)nc12.CCCc1nn(C)c2c(=O)[nH]c(-c3cc(Cc4ccc(C(=O)NC(=O)NC)cc4)ccc3OCC)nc12.CCCc1nn(C)c2c(=O)[nH]c(-c3cc(Cc4ccc(C(=O)Nc5cscc5N)cc4)ccc3OCC)nc12. The number of thiophene rings is 1. The van der Waals surface area contributed by atoms with Crippen LogP contribution in [0.1, 0.15) is 142 Å². The Labute approximate surface area is 666 Å². The second kappa shape index (κ2) is 36.8. The summed E-state index contributed by atoms with van der Waals surface area (Å²) in [4.78, 5) is 124. The molecule has 1 aliphatic rings. The van der Waals surface area contributed by atoms with Crippen LogP contribution in [0.4, 0.5) is 16.2 Å². The highest BCUT2D eigenvalue weighted by Gasteiger charge is 2.25. The van der Waals surface area contributed by atoms with E-state index in [-0.39, 0.29) is 40.9 Å². The van der Waals surface area contributed by atoms with E-state index in [4.69, 9.17) is 34.9 Å². The summed E-state index contributed by atoms with van der Waals surface area (Å²) in [5, 5.41) is 27.3. The first-order valence-electron chi connectivity index (χ1n) is 38.2. The van der Waals surface area contributed by atoms with Crippen molar-refractivity contribution in [3.8, 4) is 51.4 Å². The van der Waals surface area contributed by atoms with Gasteiger partial charge in [0.2, 0.25) is 5.91 Å². The number of nitrogen functional groups attached to an aromatic ring is 1. The van der Waals surface area contributed by atoms with Crippen LogP contribution in [-0.2, 0) is 64.5 Å². The molecule has 594 valence electrons. The van der Waals surface area contributed by atoms with E-state index >= 15 is 0 Å². The highest BCUT2D eigenvalue weighted by Crippen LogP contribution is 2.35. The van der Waals surface area contributed by atoms with Crippen LogP contribution in [0, 0.1) is 0 Å². The Morgan fingerprint density at radius 3 is 1.19 bits per heavy atom. The first-order chi connectivity index (χ1) is 55.6. The summed E-state index contributed by atoms with van der Waals surface area (Å²) in [6.45, 7) is 14.4. The molecule has 0 unspecified atom stereocenters. The molecule has 115 heavy (non-hydrogen) atoms. The Morgan fingerprint density at radius 2 is 0.852 bits per heavy atom. The average Bonchev–Trinajstić information content (AvgIpc) is 1.65. The number of aryl methyl sites for hydroxylation is 6. The van der Waals surface area contributed by atoms with Crippen LogP contribution in [0.3, 0.4) is 0 Å². The van der Waals surface area contributed by atoms with Gasteiger partial charge in [0.05, 0.1) is 71.5 Å². The highest BCUT2D eigenvalue weighted by atomic mass is 32.1. The maximum absolute atomic E-state index is 13.0. The van der Waals surface area contributed by atoms with E-state index in [0.717, 1.165) is 89.0 Å². The van der Waals surface area contributed by atoms with Gasteiger partial charge in [-0.25, -0.2) is 19.7 Å². The molecule has 14 rings (SSSR count). The third-order valence-electron chi connectivity index (χ3n) is 19.1. The van der Waals surface area contributed by atoms with Crippen LogP contribution in [0.25, 0.3) is 67.3 Å². The van der Waals surface area contributed by atoms with Crippen molar-refractivity contribution in [3.63, 3.8) is 0 Å². The van der Waals surface area contributed by atoms with Gasteiger partial charge in [-0.1, -0.05) is 94.6 Å². The number of hydrogen-bond acceptors (Lipinski definition) is 19. The molecule has 0 radical (unpaired) electrons. The van der Waals surface area contributed by atoms with Gasteiger partial charge >= 0.3 is 6.03 Å². The molecular formula is C85H92N18O11S. The maximum atomic E-state index is 13.0. The largest absolute Gasteiger partial charge is 0.493 e. The van der Waals surface area contributed by atoms with Crippen molar-refractivity contribution in [1.82, 2.24) is 80.1 Å². The lowest BCUT2D eigenvalue weighted by Crippen LogP contribution is -2.49. The van der Waals surface area contributed by atoms with Crippen molar-refractivity contribution in [3.05, 3.63) is 236 Å². The lowest BCUT2D eigenvalue weighted by atomic mass is 10.0. The van der Waals surface area contributed by atoms with E-state index in [1.165, 1.54) is 18.4 Å².